The van der Waals surface area contributed by atoms with E-state index in [2.05, 4.69) is 26.0 Å². The van der Waals surface area contributed by atoms with E-state index in [0.29, 0.717) is 0 Å². The first-order valence-corrected chi connectivity index (χ1v) is 8.02. The summed E-state index contributed by atoms with van der Waals surface area (Å²) in [5.41, 5.74) is 4.97. The third-order valence-electron chi connectivity index (χ3n) is 4.66. The number of fused-ring (bicyclic) bond motifs is 4. The van der Waals surface area contributed by atoms with E-state index in [1.807, 2.05) is 36.4 Å². The van der Waals surface area contributed by atoms with Crippen molar-refractivity contribution in [1.82, 2.24) is 9.97 Å². The smallest absolute Gasteiger partial charge is 0.303 e. The van der Waals surface area contributed by atoms with Gasteiger partial charge in [0, 0.05) is 17.9 Å². The first-order valence-electron chi connectivity index (χ1n) is 8.02. The molecule has 4 nitrogen and oxygen atoms in total. The fourth-order valence-corrected chi connectivity index (χ4v) is 3.50. The summed E-state index contributed by atoms with van der Waals surface area (Å²) in [7, 11) is 0. The molecule has 1 atom stereocenters. The zero-order valence-corrected chi connectivity index (χ0v) is 13.9. The summed E-state index contributed by atoms with van der Waals surface area (Å²) in [6.45, 7) is 5.60. The predicted octanol–water partition coefficient (Wildman–Crippen LogP) is 4.19. The van der Waals surface area contributed by atoms with Crippen LogP contribution in [0.15, 0.2) is 48.5 Å². The Morgan fingerprint density at radius 2 is 1.62 bits per heavy atom. The Morgan fingerprint density at radius 3 is 2.33 bits per heavy atom. The third-order valence-corrected chi connectivity index (χ3v) is 4.66. The molecule has 4 heteroatoms. The lowest BCUT2D eigenvalue weighted by atomic mass is 9.70. The van der Waals surface area contributed by atoms with Gasteiger partial charge in [-0.25, -0.2) is 9.97 Å². The van der Waals surface area contributed by atoms with Gasteiger partial charge in [0.05, 0.1) is 16.7 Å². The van der Waals surface area contributed by atoms with Gasteiger partial charge in [-0.3, -0.25) is 4.79 Å². The van der Waals surface area contributed by atoms with Gasteiger partial charge in [-0.15, -0.1) is 0 Å². The number of aromatic nitrogens is 2. The first-order chi connectivity index (χ1) is 11.5. The van der Waals surface area contributed by atoms with Crippen LogP contribution in [-0.2, 0) is 14.9 Å². The molecule has 1 aliphatic carbocycles. The normalized spacial score (nSPS) is 17.9. The Labute approximate surface area is 140 Å². The lowest BCUT2D eigenvalue weighted by molar-refractivity contribution is -0.150. The molecule has 0 N–H and O–H groups in total. The molecule has 1 heterocycles. The number of hydrogen-bond donors (Lipinski definition) is 0. The molecule has 0 saturated carbocycles. The summed E-state index contributed by atoms with van der Waals surface area (Å²) >= 11 is 0. The lowest BCUT2D eigenvalue weighted by Crippen LogP contribution is -2.35. The van der Waals surface area contributed by atoms with E-state index in [9.17, 15) is 4.79 Å². The number of benzene rings is 2. The number of carbonyl (C=O) groups excluding carboxylic acids is 1. The Balaban J connectivity index is 2.07. The van der Waals surface area contributed by atoms with Crippen molar-refractivity contribution in [1.29, 1.82) is 0 Å². The molecule has 0 bridgehead atoms. The average molecular weight is 318 g/mol. The van der Waals surface area contributed by atoms with Crippen molar-refractivity contribution in [2.45, 2.75) is 32.3 Å². The van der Waals surface area contributed by atoms with Gasteiger partial charge in [0.2, 0.25) is 0 Å². The number of esters is 1. The first kappa shape index (κ1) is 14.8. The largest absolute Gasteiger partial charge is 0.455 e. The summed E-state index contributed by atoms with van der Waals surface area (Å²) in [6, 6.07) is 15.9. The Morgan fingerprint density at radius 1 is 1.00 bits per heavy atom. The molecular weight excluding hydrogens is 300 g/mol. The second-order valence-corrected chi connectivity index (χ2v) is 6.70. The van der Waals surface area contributed by atoms with E-state index < -0.39 is 6.10 Å². The monoisotopic (exact) mass is 318 g/mol. The molecule has 0 aliphatic heterocycles. The number of nitrogens with zero attached hydrogens (tertiary/aromatic N) is 2. The van der Waals surface area contributed by atoms with Crippen molar-refractivity contribution in [2.75, 3.05) is 0 Å². The van der Waals surface area contributed by atoms with Crippen LogP contribution in [0.3, 0.4) is 0 Å². The van der Waals surface area contributed by atoms with Gasteiger partial charge in [0.1, 0.15) is 5.69 Å². The van der Waals surface area contributed by atoms with Crippen molar-refractivity contribution < 1.29 is 9.53 Å². The number of carbonyl (C=O) groups is 1. The number of hydrogen-bond acceptors (Lipinski definition) is 4. The molecular formula is C20H18N2O2. The highest BCUT2D eigenvalue weighted by Gasteiger charge is 2.44. The summed E-state index contributed by atoms with van der Waals surface area (Å²) in [5, 5.41) is 0. The molecule has 0 spiro atoms. The van der Waals surface area contributed by atoms with Crippen molar-refractivity contribution in [3.05, 3.63) is 59.8 Å². The molecule has 2 aromatic carbocycles. The summed E-state index contributed by atoms with van der Waals surface area (Å²) in [4.78, 5) is 21.3. The summed E-state index contributed by atoms with van der Waals surface area (Å²) in [5.74, 6) is -0.312. The molecule has 3 aromatic rings. The zero-order valence-electron chi connectivity index (χ0n) is 13.9. The van der Waals surface area contributed by atoms with Crippen molar-refractivity contribution in [3.63, 3.8) is 0 Å². The standard InChI is InChI=1S/C20H18N2O2/c1-12(23)24-19-18-17(21-15-10-6-7-11-16(15)22-18)13-8-4-5-9-14(13)20(19,2)3/h4-11,19H,1-3H3. The summed E-state index contributed by atoms with van der Waals surface area (Å²) < 4.78 is 5.70. The quantitative estimate of drug-likeness (QED) is 0.631. The molecule has 24 heavy (non-hydrogen) atoms. The highest BCUT2D eigenvalue weighted by atomic mass is 16.5. The predicted molar refractivity (Wildman–Crippen MR) is 92.5 cm³/mol. The Kier molecular flexibility index (Phi) is 3.17. The third kappa shape index (κ3) is 2.10. The minimum atomic E-state index is -0.461. The topological polar surface area (TPSA) is 52.1 Å². The van der Waals surface area contributed by atoms with Gasteiger partial charge in [-0.2, -0.15) is 0 Å². The van der Waals surface area contributed by atoms with E-state index >= 15 is 0 Å². The Hall–Kier alpha value is -2.75. The highest BCUT2D eigenvalue weighted by molar-refractivity contribution is 5.81. The lowest BCUT2D eigenvalue weighted by Gasteiger charge is -2.39. The molecule has 0 amide bonds. The van der Waals surface area contributed by atoms with Crippen LogP contribution in [0, 0.1) is 0 Å². The molecule has 1 aromatic heterocycles. The van der Waals surface area contributed by atoms with Crippen molar-refractivity contribution in [3.8, 4) is 11.3 Å². The molecule has 4 rings (SSSR count). The van der Waals surface area contributed by atoms with E-state index in [0.717, 1.165) is 33.5 Å². The maximum Gasteiger partial charge on any atom is 0.303 e. The fraction of sp³-hybridized carbons (Fsp3) is 0.250. The van der Waals surface area contributed by atoms with Gasteiger partial charge in [-0.05, 0) is 17.7 Å². The molecule has 0 fully saturated rings. The van der Waals surface area contributed by atoms with Crippen LogP contribution < -0.4 is 0 Å². The maximum atomic E-state index is 11.7. The van der Waals surface area contributed by atoms with Crippen LogP contribution in [0.25, 0.3) is 22.3 Å². The van der Waals surface area contributed by atoms with Crippen molar-refractivity contribution in [2.24, 2.45) is 0 Å². The maximum absolute atomic E-state index is 11.7. The molecule has 1 aliphatic rings. The van der Waals surface area contributed by atoms with E-state index in [1.165, 1.54) is 6.92 Å². The van der Waals surface area contributed by atoms with Gasteiger partial charge in [0.15, 0.2) is 6.10 Å². The minimum absolute atomic E-state index is 0.312. The number of ether oxygens (including phenoxy) is 1. The second-order valence-electron chi connectivity index (χ2n) is 6.70. The second kappa shape index (κ2) is 5.13. The van der Waals surface area contributed by atoms with Crippen LogP contribution in [0.5, 0.6) is 0 Å². The molecule has 120 valence electrons. The van der Waals surface area contributed by atoms with Crippen LogP contribution in [-0.4, -0.2) is 15.9 Å². The molecule has 0 radical (unpaired) electrons. The van der Waals surface area contributed by atoms with Crippen LogP contribution in [0.4, 0.5) is 0 Å². The number of rotatable bonds is 1. The van der Waals surface area contributed by atoms with Gasteiger partial charge < -0.3 is 4.74 Å². The number of para-hydroxylation sites is 2. The minimum Gasteiger partial charge on any atom is -0.455 e. The van der Waals surface area contributed by atoms with Crippen LogP contribution >= 0.6 is 0 Å². The SMILES string of the molecule is CC(=O)OC1c2nc3ccccc3nc2-c2ccccc2C1(C)C. The van der Waals surface area contributed by atoms with Gasteiger partial charge in [0.25, 0.3) is 0 Å². The molecule has 0 saturated heterocycles. The summed E-state index contributed by atoms with van der Waals surface area (Å²) in [6.07, 6.45) is -0.461. The fourth-order valence-electron chi connectivity index (χ4n) is 3.50. The average Bonchev–Trinajstić information content (AvgIpc) is 2.57. The van der Waals surface area contributed by atoms with E-state index in [1.54, 1.807) is 0 Å². The molecule has 1 unspecified atom stereocenters. The van der Waals surface area contributed by atoms with E-state index in [4.69, 9.17) is 14.7 Å². The zero-order chi connectivity index (χ0) is 16.9. The van der Waals surface area contributed by atoms with Crippen molar-refractivity contribution >= 4 is 17.0 Å². The van der Waals surface area contributed by atoms with Gasteiger partial charge >= 0.3 is 5.97 Å². The Bertz CT molecular complexity index is 963. The van der Waals surface area contributed by atoms with E-state index in [-0.39, 0.29) is 11.4 Å². The van der Waals surface area contributed by atoms with Crippen LogP contribution in [0.2, 0.25) is 0 Å². The highest BCUT2D eigenvalue weighted by Crippen LogP contribution is 2.49. The van der Waals surface area contributed by atoms with Gasteiger partial charge in [-0.1, -0.05) is 50.2 Å². The van der Waals surface area contributed by atoms with Crippen LogP contribution in [0.1, 0.15) is 38.1 Å².